The van der Waals surface area contributed by atoms with Gasteiger partial charge in [0.25, 0.3) is 0 Å². The summed E-state index contributed by atoms with van der Waals surface area (Å²) in [5.74, 6) is 1.42. The van der Waals surface area contributed by atoms with E-state index in [1.54, 1.807) is 35.5 Å². The van der Waals surface area contributed by atoms with E-state index in [-0.39, 0.29) is 0 Å². The SMILES string of the molecule is Cc1ccc(-c2nc(CSc3nnc(-c4ccncc4)n3-c3ccccc3Cl)sc2C)cc1. The van der Waals surface area contributed by atoms with Crippen LogP contribution in [-0.4, -0.2) is 24.7 Å². The molecule has 0 fully saturated rings. The molecule has 0 aliphatic heterocycles. The number of pyridine rings is 1. The van der Waals surface area contributed by atoms with Gasteiger partial charge in [0.05, 0.1) is 22.2 Å². The lowest BCUT2D eigenvalue weighted by molar-refractivity contribution is 0.886. The van der Waals surface area contributed by atoms with E-state index >= 15 is 0 Å². The number of rotatable bonds is 6. The molecule has 2 aromatic carbocycles. The molecule has 33 heavy (non-hydrogen) atoms. The van der Waals surface area contributed by atoms with E-state index in [0.717, 1.165) is 38.5 Å². The summed E-state index contributed by atoms with van der Waals surface area (Å²) in [7, 11) is 0. The monoisotopic (exact) mass is 489 g/mol. The molecule has 0 radical (unpaired) electrons. The number of halogens is 1. The molecule has 0 aliphatic carbocycles. The Morgan fingerprint density at radius 1 is 0.909 bits per heavy atom. The van der Waals surface area contributed by atoms with Gasteiger partial charge in [0.1, 0.15) is 5.01 Å². The summed E-state index contributed by atoms with van der Waals surface area (Å²) < 4.78 is 2.00. The lowest BCUT2D eigenvalue weighted by Gasteiger charge is -2.11. The van der Waals surface area contributed by atoms with Gasteiger partial charge in [0, 0.05) is 28.4 Å². The van der Waals surface area contributed by atoms with Crippen LogP contribution in [0.25, 0.3) is 28.3 Å². The highest BCUT2D eigenvalue weighted by atomic mass is 35.5. The summed E-state index contributed by atoms with van der Waals surface area (Å²) in [5.41, 5.74) is 5.20. The number of aromatic nitrogens is 5. The lowest BCUT2D eigenvalue weighted by atomic mass is 10.1. The topological polar surface area (TPSA) is 56.5 Å². The summed E-state index contributed by atoms with van der Waals surface area (Å²) in [6.07, 6.45) is 3.50. The molecule has 0 N–H and O–H groups in total. The van der Waals surface area contributed by atoms with Gasteiger partial charge in [-0.25, -0.2) is 4.98 Å². The fourth-order valence-electron chi connectivity index (χ4n) is 3.52. The number of thiazole rings is 1. The quantitative estimate of drug-likeness (QED) is 0.240. The molecule has 3 heterocycles. The van der Waals surface area contributed by atoms with Crippen molar-refractivity contribution in [3.05, 3.63) is 93.5 Å². The summed E-state index contributed by atoms with van der Waals surface area (Å²) >= 11 is 9.88. The zero-order chi connectivity index (χ0) is 22.8. The van der Waals surface area contributed by atoms with Crippen molar-refractivity contribution in [2.24, 2.45) is 0 Å². The number of thioether (sulfide) groups is 1. The van der Waals surface area contributed by atoms with E-state index < -0.39 is 0 Å². The minimum Gasteiger partial charge on any atom is -0.268 e. The largest absolute Gasteiger partial charge is 0.268 e. The molecule has 0 unspecified atom stereocenters. The smallest absolute Gasteiger partial charge is 0.196 e. The Bertz CT molecular complexity index is 1390. The van der Waals surface area contributed by atoms with Crippen molar-refractivity contribution in [3.63, 3.8) is 0 Å². The fourth-order valence-corrected chi connectivity index (χ4v) is 5.63. The van der Waals surface area contributed by atoms with Gasteiger partial charge < -0.3 is 0 Å². The Morgan fingerprint density at radius 3 is 2.42 bits per heavy atom. The lowest BCUT2D eigenvalue weighted by Crippen LogP contribution is -2.00. The van der Waals surface area contributed by atoms with E-state index in [1.807, 2.05) is 41.0 Å². The first-order valence-electron chi connectivity index (χ1n) is 10.4. The molecule has 0 atom stereocenters. The molecule has 0 amide bonds. The summed E-state index contributed by atoms with van der Waals surface area (Å²) in [6, 6.07) is 20.1. The zero-order valence-electron chi connectivity index (χ0n) is 18.1. The number of nitrogens with zero attached hydrogens (tertiary/aromatic N) is 5. The fraction of sp³-hybridized carbons (Fsp3) is 0.120. The van der Waals surface area contributed by atoms with Gasteiger partial charge in [-0.05, 0) is 38.1 Å². The molecule has 0 bridgehead atoms. The maximum absolute atomic E-state index is 6.56. The van der Waals surface area contributed by atoms with Gasteiger partial charge >= 0.3 is 0 Å². The second-order valence-electron chi connectivity index (χ2n) is 7.50. The van der Waals surface area contributed by atoms with Crippen molar-refractivity contribution in [3.8, 4) is 28.3 Å². The first kappa shape index (κ1) is 21.8. The Labute approximate surface area is 205 Å². The van der Waals surface area contributed by atoms with E-state index in [2.05, 4.69) is 53.3 Å². The van der Waals surface area contributed by atoms with Crippen LogP contribution < -0.4 is 0 Å². The van der Waals surface area contributed by atoms with Gasteiger partial charge in [0.15, 0.2) is 11.0 Å². The van der Waals surface area contributed by atoms with Crippen molar-refractivity contribution in [1.82, 2.24) is 24.7 Å². The average Bonchev–Trinajstić information content (AvgIpc) is 3.42. The summed E-state index contributed by atoms with van der Waals surface area (Å²) in [4.78, 5) is 10.2. The standard InChI is InChI=1S/C25H20ClN5S2/c1-16-7-9-18(10-8-16)23-17(2)33-22(28-23)15-32-25-30-29-24(19-11-13-27-14-12-19)31(25)21-6-4-3-5-20(21)26/h3-14H,15H2,1-2H3. The molecule has 5 nitrogen and oxygen atoms in total. The third kappa shape index (κ3) is 4.57. The molecule has 5 rings (SSSR count). The Kier molecular flexibility index (Phi) is 6.26. The number of hydrogen-bond acceptors (Lipinski definition) is 6. The van der Waals surface area contributed by atoms with E-state index in [1.165, 1.54) is 10.4 Å². The molecular formula is C25H20ClN5S2. The Hall–Kier alpha value is -3.00. The van der Waals surface area contributed by atoms with Gasteiger partial charge in [-0.2, -0.15) is 0 Å². The van der Waals surface area contributed by atoms with Gasteiger partial charge in [-0.15, -0.1) is 21.5 Å². The first-order valence-corrected chi connectivity index (χ1v) is 12.5. The molecule has 164 valence electrons. The third-order valence-corrected chi connectivity index (χ3v) is 7.57. The summed E-state index contributed by atoms with van der Waals surface area (Å²) in [6.45, 7) is 4.21. The van der Waals surface area contributed by atoms with Crippen LogP contribution in [0.15, 0.2) is 78.2 Å². The van der Waals surface area contributed by atoms with Crippen molar-refractivity contribution < 1.29 is 0 Å². The predicted octanol–water partition coefficient (Wildman–Crippen LogP) is 7.02. The average molecular weight is 490 g/mol. The maximum Gasteiger partial charge on any atom is 0.196 e. The first-order chi connectivity index (χ1) is 16.1. The second kappa shape index (κ2) is 9.47. The van der Waals surface area contributed by atoms with Crippen LogP contribution in [-0.2, 0) is 5.75 Å². The van der Waals surface area contributed by atoms with Crippen LogP contribution in [0.4, 0.5) is 0 Å². The number of benzene rings is 2. The Balaban J connectivity index is 1.47. The summed E-state index contributed by atoms with van der Waals surface area (Å²) in [5, 5.41) is 11.4. The molecule has 0 saturated heterocycles. The van der Waals surface area contributed by atoms with Crippen LogP contribution in [0.5, 0.6) is 0 Å². The molecule has 0 aliphatic rings. The molecule has 5 aromatic rings. The van der Waals surface area contributed by atoms with Crippen LogP contribution in [0.3, 0.4) is 0 Å². The predicted molar refractivity (Wildman–Crippen MR) is 136 cm³/mol. The Morgan fingerprint density at radius 2 is 1.67 bits per heavy atom. The minimum absolute atomic E-state index is 0.640. The number of aryl methyl sites for hydroxylation is 2. The molecule has 0 spiro atoms. The van der Waals surface area contributed by atoms with Gasteiger partial charge in [0.2, 0.25) is 0 Å². The highest BCUT2D eigenvalue weighted by molar-refractivity contribution is 7.98. The number of para-hydroxylation sites is 1. The molecule has 8 heteroatoms. The third-order valence-electron chi connectivity index (χ3n) is 5.16. The van der Waals surface area contributed by atoms with E-state index in [9.17, 15) is 0 Å². The van der Waals surface area contributed by atoms with Crippen LogP contribution in [0.2, 0.25) is 5.02 Å². The van der Waals surface area contributed by atoms with Crippen molar-refractivity contribution in [2.75, 3.05) is 0 Å². The van der Waals surface area contributed by atoms with Crippen LogP contribution in [0.1, 0.15) is 15.4 Å². The normalized spacial score (nSPS) is 11.1. The minimum atomic E-state index is 0.640. The van der Waals surface area contributed by atoms with Gasteiger partial charge in [-0.3, -0.25) is 9.55 Å². The van der Waals surface area contributed by atoms with Crippen molar-refractivity contribution in [2.45, 2.75) is 24.8 Å². The van der Waals surface area contributed by atoms with Crippen LogP contribution in [0, 0.1) is 13.8 Å². The van der Waals surface area contributed by atoms with E-state index in [0.29, 0.717) is 10.8 Å². The van der Waals surface area contributed by atoms with Crippen molar-refractivity contribution in [1.29, 1.82) is 0 Å². The molecular weight excluding hydrogens is 470 g/mol. The van der Waals surface area contributed by atoms with Crippen LogP contribution >= 0.6 is 34.7 Å². The van der Waals surface area contributed by atoms with E-state index in [4.69, 9.17) is 16.6 Å². The maximum atomic E-state index is 6.56. The zero-order valence-corrected chi connectivity index (χ0v) is 20.5. The number of hydrogen-bond donors (Lipinski definition) is 0. The molecule has 3 aromatic heterocycles. The van der Waals surface area contributed by atoms with Crippen molar-refractivity contribution >= 4 is 34.7 Å². The highest BCUT2D eigenvalue weighted by Crippen LogP contribution is 2.35. The second-order valence-corrected chi connectivity index (χ2v) is 10.1. The highest BCUT2D eigenvalue weighted by Gasteiger charge is 2.19. The molecule has 0 saturated carbocycles. The van der Waals surface area contributed by atoms with Gasteiger partial charge in [-0.1, -0.05) is 65.3 Å².